The predicted molar refractivity (Wildman–Crippen MR) is 84.7 cm³/mol. The van der Waals surface area contributed by atoms with Gasteiger partial charge in [-0.2, -0.15) is 0 Å². The number of hydrogen-bond acceptors (Lipinski definition) is 3. The third-order valence-corrected chi connectivity index (χ3v) is 3.79. The number of nitrogens with one attached hydrogen (secondary N) is 1. The lowest BCUT2D eigenvalue weighted by atomic mass is 9.93. The molecule has 3 heteroatoms. The van der Waals surface area contributed by atoms with Crippen molar-refractivity contribution in [3.05, 3.63) is 23.8 Å². The molecule has 3 nitrogen and oxygen atoms in total. The lowest BCUT2D eigenvalue weighted by molar-refractivity contribution is 0.347. The Morgan fingerprint density at radius 2 is 1.70 bits per heavy atom. The van der Waals surface area contributed by atoms with Gasteiger partial charge < -0.3 is 14.8 Å². The molecule has 20 heavy (non-hydrogen) atoms. The van der Waals surface area contributed by atoms with E-state index in [2.05, 4.69) is 26.1 Å². The van der Waals surface area contributed by atoms with Crippen LogP contribution in [0.2, 0.25) is 0 Å². The van der Waals surface area contributed by atoms with Crippen LogP contribution < -0.4 is 14.8 Å². The monoisotopic (exact) mass is 279 g/mol. The summed E-state index contributed by atoms with van der Waals surface area (Å²) < 4.78 is 11.1. The summed E-state index contributed by atoms with van der Waals surface area (Å²) in [6.45, 7) is 7.72. The Morgan fingerprint density at radius 1 is 1.10 bits per heavy atom. The summed E-state index contributed by atoms with van der Waals surface area (Å²) in [5.74, 6) is 2.47. The van der Waals surface area contributed by atoms with Crippen molar-refractivity contribution in [3.8, 4) is 11.5 Å². The molecule has 0 amide bonds. The maximum Gasteiger partial charge on any atom is 0.127 e. The largest absolute Gasteiger partial charge is 0.496 e. The average Bonchev–Trinajstić information content (AvgIpc) is 2.50. The zero-order valence-corrected chi connectivity index (χ0v) is 13.5. The Kier molecular flexibility index (Phi) is 7.45. The van der Waals surface area contributed by atoms with E-state index in [9.17, 15) is 0 Å². The van der Waals surface area contributed by atoms with Gasteiger partial charge in [0.2, 0.25) is 0 Å². The SMILES string of the molecule is CCCNC(CC(C)CC)c1c(OC)cccc1OC. The standard InChI is InChI=1S/C17H29NO2/c1-6-11-18-14(12-13(3)7-2)17-15(19-4)9-8-10-16(17)20-5/h8-10,13-14,18H,6-7,11-12H2,1-5H3. The van der Waals surface area contributed by atoms with E-state index >= 15 is 0 Å². The van der Waals surface area contributed by atoms with Crippen molar-refractivity contribution in [2.45, 2.75) is 46.1 Å². The zero-order valence-electron chi connectivity index (χ0n) is 13.5. The van der Waals surface area contributed by atoms with E-state index in [1.165, 1.54) is 6.42 Å². The van der Waals surface area contributed by atoms with Crippen molar-refractivity contribution >= 4 is 0 Å². The molecule has 0 aliphatic heterocycles. The van der Waals surface area contributed by atoms with Gasteiger partial charge in [-0.1, -0.05) is 33.3 Å². The Bertz CT molecular complexity index is 370. The van der Waals surface area contributed by atoms with Gasteiger partial charge >= 0.3 is 0 Å². The maximum atomic E-state index is 5.54. The van der Waals surface area contributed by atoms with Crippen LogP contribution in [0.5, 0.6) is 11.5 Å². The van der Waals surface area contributed by atoms with Gasteiger partial charge in [0.1, 0.15) is 11.5 Å². The van der Waals surface area contributed by atoms with Gasteiger partial charge in [-0.05, 0) is 37.4 Å². The van der Waals surface area contributed by atoms with Gasteiger partial charge in [-0.15, -0.1) is 0 Å². The molecule has 2 unspecified atom stereocenters. The summed E-state index contributed by atoms with van der Waals surface area (Å²) in [4.78, 5) is 0. The van der Waals surface area contributed by atoms with Crippen molar-refractivity contribution in [3.63, 3.8) is 0 Å². The van der Waals surface area contributed by atoms with Gasteiger partial charge in [0.05, 0.1) is 19.8 Å². The predicted octanol–water partition coefficient (Wildman–Crippen LogP) is 4.18. The highest BCUT2D eigenvalue weighted by Crippen LogP contribution is 2.37. The highest BCUT2D eigenvalue weighted by atomic mass is 16.5. The van der Waals surface area contributed by atoms with Crippen LogP contribution in [0.25, 0.3) is 0 Å². The van der Waals surface area contributed by atoms with Gasteiger partial charge in [0.25, 0.3) is 0 Å². The van der Waals surface area contributed by atoms with Gasteiger partial charge in [-0.25, -0.2) is 0 Å². The van der Waals surface area contributed by atoms with Crippen molar-refractivity contribution < 1.29 is 9.47 Å². The molecule has 1 aromatic carbocycles. The molecule has 0 saturated heterocycles. The van der Waals surface area contributed by atoms with Crippen LogP contribution in [0.15, 0.2) is 18.2 Å². The topological polar surface area (TPSA) is 30.5 Å². The average molecular weight is 279 g/mol. The molecule has 0 heterocycles. The van der Waals surface area contributed by atoms with E-state index < -0.39 is 0 Å². The quantitative estimate of drug-likeness (QED) is 0.735. The van der Waals surface area contributed by atoms with E-state index in [1.54, 1.807) is 14.2 Å². The minimum absolute atomic E-state index is 0.274. The molecule has 0 aliphatic rings. The fourth-order valence-corrected chi connectivity index (χ4v) is 2.41. The van der Waals surface area contributed by atoms with Crippen LogP contribution >= 0.6 is 0 Å². The second kappa shape index (κ2) is 8.85. The Balaban J connectivity index is 3.09. The first-order valence-corrected chi connectivity index (χ1v) is 7.62. The molecule has 0 fully saturated rings. The molecular formula is C17H29NO2. The molecule has 0 saturated carbocycles. The van der Waals surface area contributed by atoms with Crippen LogP contribution in [-0.2, 0) is 0 Å². The summed E-state index contributed by atoms with van der Waals surface area (Å²) in [7, 11) is 3.44. The van der Waals surface area contributed by atoms with Crippen LogP contribution in [0.1, 0.15) is 51.6 Å². The molecule has 1 rings (SSSR count). The number of hydrogen-bond donors (Lipinski definition) is 1. The van der Waals surface area contributed by atoms with E-state index in [-0.39, 0.29) is 6.04 Å². The van der Waals surface area contributed by atoms with E-state index in [0.717, 1.165) is 36.4 Å². The summed E-state index contributed by atoms with van der Waals surface area (Å²) in [5.41, 5.74) is 1.14. The zero-order chi connectivity index (χ0) is 15.0. The second-order valence-electron chi connectivity index (χ2n) is 5.33. The van der Waals surface area contributed by atoms with Crippen molar-refractivity contribution in [2.75, 3.05) is 20.8 Å². The van der Waals surface area contributed by atoms with Crippen LogP contribution in [-0.4, -0.2) is 20.8 Å². The number of methoxy groups -OCH3 is 2. The van der Waals surface area contributed by atoms with Crippen LogP contribution in [0, 0.1) is 5.92 Å². The maximum absolute atomic E-state index is 5.54. The highest BCUT2D eigenvalue weighted by molar-refractivity contribution is 5.47. The minimum atomic E-state index is 0.274. The first-order valence-electron chi connectivity index (χ1n) is 7.62. The molecule has 0 radical (unpaired) electrons. The minimum Gasteiger partial charge on any atom is -0.496 e. The summed E-state index contributed by atoms with van der Waals surface area (Å²) >= 11 is 0. The van der Waals surface area contributed by atoms with E-state index in [1.807, 2.05) is 18.2 Å². The Morgan fingerprint density at radius 3 is 2.15 bits per heavy atom. The van der Waals surface area contributed by atoms with Crippen molar-refractivity contribution in [1.29, 1.82) is 0 Å². The number of ether oxygens (including phenoxy) is 2. The lowest BCUT2D eigenvalue weighted by Gasteiger charge is -2.25. The summed E-state index contributed by atoms with van der Waals surface area (Å²) in [6.07, 6.45) is 3.39. The summed E-state index contributed by atoms with van der Waals surface area (Å²) in [6, 6.07) is 6.27. The first kappa shape index (κ1) is 16.8. The highest BCUT2D eigenvalue weighted by Gasteiger charge is 2.21. The molecule has 1 N–H and O–H groups in total. The fraction of sp³-hybridized carbons (Fsp3) is 0.647. The third kappa shape index (κ3) is 4.41. The first-order chi connectivity index (χ1) is 9.67. The Hall–Kier alpha value is -1.22. The molecule has 114 valence electrons. The lowest BCUT2D eigenvalue weighted by Crippen LogP contribution is -2.25. The van der Waals surface area contributed by atoms with Gasteiger partial charge in [0, 0.05) is 6.04 Å². The molecule has 0 aromatic heterocycles. The van der Waals surface area contributed by atoms with Crippen LogP contribution in [0.4, 0.5) is 0 Å². The molecule has 0 aliphatic carbocycles. The molecule has 0 bridgehead atoms. The third-order valence-electron chi connectivity index (χ3n) is 3.79. The normalized spacial score (nSPS) is 13.8. The number of rotatable bonds is 9. The van der Waals surface area contributed by atoms with Crippen LogP contribution in [0.3, 0.4) is 0 Å². The molecule has 0 spiro atoms. The molecule has 2 atom stereocenters. The summed E-state index contributed by atoms with van der Waals surface area (Å²) in [5, 5.41) is 3.64. The second-order valence-corrected chi connectivity index (χ2v) is 5.33. The van der Waals surface area contributed by atoms with E-state index in [0.29, 0.717) is 5.92 Å². The Labute approximate surface area is 123 Å². The fourth-order valence-electron chi connectivity index (χ4n) is 2.41. The molecular weight excluding hydrogens is 250 g/mol. The van der Waals surface area contributed by atoms with E-state index in [4.69, 9.17) is 9.47 Å². The number of benzene rings is 1. The van der Waals surface area contributed by atoms with Crippen molar-refractivity contribution in [1.82, 2.24) is 5.32 Å². The van der Waals surface area contributed by atoms with Gasteiger partial charge in [0.15, 0.2) is 0 Å². The smallest absolute Gasteiger partial charge is 0.127 e. The van der Waals surface area contributed by atoms with Crippen molar-refractivity contribution in [2.24, 2.45) is 5.92 Å². The molecule has 1 aromatic rings. The van der Waals surface area contributed by atoms with Gasteiger partial charge in [-0.3, -0.25) is 0 Å².